The van der Waals surface area contributed by atoms with Gasteiger partial charge in [0.05, 0.1) is 13.0 Å². The fourth-order valence-electron chi connectivity index (χ4n) is 2.97. The monoisotopic (exact) mass is 407 g/mol. The van der Waals surface area contributed by atoms with Crippen LogP contribution in [0.15, 0.2) is 18.2 Å². The Morgan fingerprint density at radius 2 is 1.89 bits per heavy atom. The van der Waals surface area contributed by atoms with Gasteiger partial charge in [-0.05, 0) is 19.1 Å². The molecular formula is C19H18FNO6S. The number of ether oxygens (including phenoxy) is 2. The van der Waals surface area contributed by atoms with Gasteiger partial charge in [-0.25, -0.2) is 9.18 Å². The van der Waals surface area contributed by atoms with E-state index in [9.17, 15) is 23.6 Å². The minimum Gasteiger partial charge on any atom is -0.462 e. The van der Waals surface area contributed by atoms with Gasteiger partial charge in [-0.3, -0.25) is 19.3 Å². The summed E-state index contributed by atoms with van der Waals surface area (Å²) in [6.45, 7) is 1.45. The molecular weight excluding hydrogens is 389 g/mol. The molecule has 1 fully saturated rings. The molecule has 0 bridgehead atoms. The minimum absolute atomic E-state index is 0.0556. The number of nitrogens with zero attached hydrogens (tertiary/aromatic N) is 1. The number of likely N-dealkylation sites (tertiary alicyclic amines) is 1. The molecule has 0 radical (unpaired) electrons. The Balaban J connectivity index is 1.73. The van der Waals surface area contributed by atoms with Gasteiger partial charge >= 0.3 is 11.9 Å². The largest absolute Gasteiger partial charge is 0.462 e. The molecule has 2 amide bonds. The zero-order valence-corrected chi connectivity index (χ0v) is 16.0. The van der Waals surface area contributed by atoms with E-state index in [1.54, 1.807) is 13.0 Å². The van der Waals surface area contributed by atoms with E-state index in [1.807, 2.05) is 0 Å². The summed E-state index contributed by atoms with van der Waals surface area (Å²) in [6, 6.07) is 4.46. The molecule has 1 aromatic heterocycles. The summed E-state index contributed by atoms with van der Waals surface area (Å²) in [6.07, 6.45) is 0.130. The van der Waals surface area contributed by atoms with Crippen molar-refractivity contribution >= 4 is 45.2 Å². The number of fused-ring (bicyclic) bond motifs is 1. The number of carbonyl (C=O) groups excluding carboxylic acids is 4. The first-order valence-corrected chi connectivity index (χ1v) is 9.59. The number of carbonyl (C=O) groups is 4. The second-order valence-corrected chi connectivity index (χ2v) is 7.15. The van der Waals surface area contributed by atoms with E-state index in [0.717, 1.165) is 16.2 Å². The van der Waals surface area contributed by atoms with Crippen molar-refractivity contribution < 1.29 is 33.0 Å². The van der Waals surface area contributed by atoms with Gasteiger partial charge in [0.1, 0.15) is 17.3 Å². The molecule has 0 spiro atoms. The normalized spacial score (nSPS) is 14.0. The number of hydrogen-bond donors (Lipinski definition) is 0. The van der Waals surface area contributed by atoms with Crippen LogP contribution in [0.2, 0.25) is 0 Å². The van der Waals surface area contributed by atoms with Crippen molar-refractivity contribution in [3.8, 4) is 0 Å². The summed E-state index contributed by atoms with van der Waals surface area (Å²) in [4.78, 5) is 48.6. The van der Waals surface area contributed by atoms with Gasteiger partial charge < -0.3 is 9.47 Å². The van der Waals surface area contributed by atoms with Crippen LogP contribution in [0.25, 0.3) is 10.1 Å². The Kier molecular flexibility index (Phi) is 6.03. The number of amides is 2. The lowest BCUT2D eigenvalue weighted by Gasteiger charge is -2.13. The molecule has 2 aromatic rings. The number of benzene rings is 1. The van der Waals surface area contributed by atoms with Crippen LogP contribution in [0.1, 0.15) is 41.4 Å². The molecule has 9 heteroatoms. The van der Waals surface area contributed by atoms with Crippen LogP contribution < -0.4 is 0 Å². The van der Waals surface area contributed by atoms with Crippen LogP contribution in [-0.4, -0.2) is 41.8 Å². The summed E-state index contributed by atoms with van der Waals surface area (Å²) >= 11 is 1.07. The molecule has 148 valence electrons. The second kappa shape index (κ2) is 8.47. The maximum Gasteiger partial charge on any atom is 0.348 e. The summed E-state index contributed by atoms with van der Waals surface area (Å²) < 4.78 is 25.1. The maximum absolute atomic E-state index is 14.3. The van der Waals surface area contributed by atoms with Gasteiger partial charge in [0.2, 0.25) is 11.8 Å². The fourth-order valence-corrected chi connectivity index (χ4v) is 4.08. The predicted molar refractivity (Wildman–Crippen MR) is 98.1 cm³/mol. The van der Waals surface area contributed by atoms with Crippen LogP contribution >= 0.6 is 11.3 Å². The molecule has 0 unspecified atom stereocenters. The van der Waals surface area contributed by atoms with Gasteiger partial charge in [-0.2, -0.15) is 0 Å². The number of hydrogen-bond acceptors (Lipinski definition) is 7. The summed E-state index contributed by atoms with van der Waals surface area (Å²) in [5.74, 6) is -2.41. The van der Waals surface area contributed by atoms with Crippen LogP contribution in [0.4, 0.5) is 4.39 Å². The third-order valence-electron chi connectivity index (χ3n) is 4.30. The molecule has 2 heterocycles. The molecule has 1 aromatic carbocycles. The highest BCUT2D eigenvalue weighted by Crippen LogP contribution is 2.34. The smallest absolute Gasteiger partial charge is 0.348 e. The van der Waals surface area contributed by atoms with E-state index < -0.39 is 17.8 Å². The molecule has 0 aliphatic carbocycles. The van der Waals surface area contributed by atoms with Gasteiger partial charge in [0.15, 0.2) is 0 Å². The van der Waals surface area contributed by atoms with E-state index in [4.69, 9.17) is 9.47 Å². The van der Waals surface area contributed by atoms with E-state index in [-0.39, 0.29) is 66.7 Å². The molecule has 0 saturated carbocycles. The maximum atomic E-state index is 14.3. The number of esters is 2. The van der Waals surface area contributed by atoms with Gasteiger partial charge in [-0.1, -0.05) is 6.07 Å². The lowest BCUT2D eigenvalue weighted by Crippen LogP contribution is -2.31. The van der Waals surface area contributed by atoms with Crippen LogP contribution in [0.5, 0.6) is 0 Å². The highest BCUT2D eigenvalue weighted by Gasteiger charge is 2.29. The zero-order valence-electron chi connectivity index (χ0n) is 15.2. The SMILES string of the molecule is CCOC(=O)c1sc2cccc(F)c2c1COC(=O)CCN1C(=O)CCC1=O. The number of imide groups is 1. The van der Waals surface area contributed by atoms with E-state index >= 15 is 0 Å². The Labute approximate surface area is 164 Å². The van der Waals surface area contributed by atoms with Gasteiger partial charge in [0, 0.05) is 35.0 Å². The van der Waals surface area contributed by atoms with Crippen molar-refractivity contribution in [1.29, 1.82) is 0 Å². The Bertz CT molecular complexity index is 937. The average molecular weight is 407 g/mol. The lowest BCUT2D eigenvalue weighted by atomic mass is 10.1. The highest BCUT2D eigenvalue weighted by molar-refractivity contribution is 7.21. The quantitative estimate of drug-likeness (QED) is 0.518. The van der Waals surface area contributed by atoms with Crippen LogP contribution in [0.3, 0.4) is 0 Å². The van der Waals surface area contributed by atoms with Gasteiger partial charge in [0.25, 0.3) is 0 Å². The molecule has 3 rings (SSSR count). The third-order valence-corrected chi connectivity index (χ3v) is 5.47. The Hall–Kier alpha value is -2.81. The predicted octanol–water partition coefficient (Wildman–Crippen LogP) is 2.80. The van der Waals surface area contributed by atoms with Crippen LogP contribution in [0, 0.1) is 5.82 Å². The standard InChI is InChI=1S/C19H18FNO6S/c1-2-26-19(25)18-11(17-12(20)4-3-5-13(17)28-18)10-27-16(24)8-9-21-14(22)6-7-15(21)23/h3-5H,2,6-10H2,1H3. The lowest BCUT2D eigenvalue weighted by molar-refractivity contribution is -0.146. The number of rotatable bonds is 7. The van der Waals surface area contributed by atoms with Crippen LogP contribution in [-0.2, 0) is 30.5 Å². The van der Waals surface area contributed by atoms with E-state index in [2.05, 4.69) is 0 Å². The van der Waals surface area contributed by atoms with Crippen molar-refractivity contribution in [2.45, 2.75) is 32.8 Å². The molecule has 1 aliphatic heterocycles. The molecule has 0 atom stereocenters. The molecule has 1 aliphatic rings. The van der Waals surface area contributed by atoms with Crippen molar-refractivity contribution in [2.75, 3.05) is 13.2 Å². The summed E-state index contributed by atoms with van der Waals surface area (Å²) in [5, 5.41) is 0.216. The minimum atomic E-state index is -0.655. The van der Waals surface area contributed by atoms with Crippen molar-refractivity contribution in [1.82, 2.24) is 4.90 Å². The summed E-state index contributed by atoms with van der Waals surface area (Å²) in [5.41, 5.74) is 0.248. The number of thiophene rings is 1. The zero-order chi connectivity index (χ0) is 20.3. The first-order chi connectivity index (χ1) is 13.4. The molecule has 28 heavy (non-hydrogen) atoms. The first kappa shape index (κ1) is 19.9. The number of halogens is 1. The average Bonchev–Trinajstić information content (AvgIpc) is 3.19. The van der Waals surface area contributed by atoms with E-state index in [1.165, 1.54) is 12.1 Å². The Morgan fingerprint density at radius 3 is 2.57 bits per heavy atom. The topological polar surface area (TPSA) is 90.0 Å². The fraction of sp³-hybridized carbons (Fsp3) is 0.368. The van der Waals surface area contributed by atoms with E-state index in [0.29, 0.717) is 4.70 Å². The van der Waals surface area contributed by atoms with Crippen molar-refractivity contribution in [3.63, 3.8) is 0 Å². The summed E-state index contributed by atoms with van der Waals surface area (Å²) in [7, 11) is 0. The molecule has 7 nitrogen and oxygen atoms in total. The van der Waals surface area contributed by atoms with Gasteiger partial charge in [-0.15, -0.1) is 11.3 Å². The molecule has 1 saturated heterocycles. The first-order valence-electron chi connectivity index (χ1n) is 8.78. The van der Waals surface area contributed by atoms with Crippen molar-refractivity contribution in [2.24, 2.45) is 0 Å². The van der Waals surface area contributed by atoms with Crippen molar-refractivity contribution in [3.05, 3.63) is 34.5 Å². The third kappa shape index (κ3) is 4.04. The Morgan fingerprint density at radius 1 is 1.18 bits per heavy atom. The second-order valence-electron chi connectivity index (χ2n) is 6.09. The molecule has 0 N–H and O–H groups in total. The highest BCUT2D eigenvalue weighted by atomic mass is 32.1.